The summed E-state index contributed by atoms with van der Waals surface area (Å²) in [4.78, 5) is 129. The number of Topliss-reactive ketones (excluding diaryl/α,β-unsaturated/α-hetero) is 1. The van der Waals surface area contributed by atoms with Gasteiger partial charge in [0.25, 0.3) is 5.91 Å². The zero-order valence-electron chi connectivity index (χ0n) is 50.6. The maximum absolute atomic E-state index is 16.3. The van der Waals surface area contributed by atoms with Crippen LogP contribution in [0.25, 0.3) is 0 Å². The summed E-state index contributed by atoms with van der Waals surface area (Å²) >= 11 is 0. The molecule has 2 saturated heterocycles. The van der Waals surface area contributed by atoms with E-state index in [0.717, 1.165) is 26.1 Å². The first kappa shape index (κ1) is 68.7. The van der Waals surface area contributed by atoms with Gasteiger partial charge in [0.05, 0.1) is 48.3 Å². The molecule has 0 spiro atoms. The minimum absolute atomic E-state index is 0.0281. The van der Waals surface area contributed by atoms with Crippen LogP contribution < -0.4 is 11.0 Å². The number of carbonyl (C=O) groups excluding carboxylic acids is 8. The summed E-state index contributed by atoms with van der Waals surface area (Å²) < 4.78 is 82.6. The maximum Gasteiger partial charge on any atom is 0.508 e. The van der Waals surface area contributed by atoms with E-state index in [4.69, 9.17) is 42.6 Å². The number of aliphatic hydroxyl groups is 4. The third-order valence-corrected chi connectivity index (χ3v) is 19.9. The van der Waals surface area contributed by atoms with Crippen molar-refractivity contribution in [3.8, 4) is 0 Å². The summed E-state index contributed by atoms with van der Waals surface area (Å²) in [5, 5.41) is 47.9. The Bertz CT molecular complexity index is 3530. The predicted octanol–water partition coefficient (Wildman–Crippen LogP) is 4.51. The number of ether oxygens (including phenoxy) is 9. The molecule has 3 aromatic carbocycles. The molecule has 9 rings (SSSR count). The van der Waals surface area contributed by atoms with Crippen molar-refractivity contribution in [2.75, 3.05) is 37.9 Å². The molecule has 5 aliphatic rings. The van der Waals surface area contributed by atoms with Gasteiger partial charge in [0, 0.05) is 55.4 Å². The summed E-state index contributed by atoms with van der Waals surface area (Å²) in [7, 11) is 2.40. The molecule has 0 radical (unpaired) electrons. The van der Waals surface area contributed by atoms with Crippen molar-refractivity contribution in [3.63, 3.8) is 0 Å². The quantitative estimate of drug-likeness (QED) is 0.0238. The van der Waals surface area contributed by atoms with E-state index in [1.54, 1.807) is 66.7 Å². The number of carbonyl (C=O) groups is 8. The fourth-order valence-corrected chi connectivity index (χ4v) is 14.6. The fourth-order valence-electron chi connectivity index (χ4n) is 13.0. The van der Waals surface area contributed by atoms with Crippen LogP contribution in [0.4, 0.5) is 13.6 Å². The lowest BCUT2D eigenvalue weighted by molar-refractivity contribution is -0.346. The van der Waals surface area contributed by atoms with Gasteiger partial charge in [-0.1, -0.05) is 102 Å². The number of esters is 5. The first-order valence-electron chi connectivity index (χ1n) is 29.3. The number of ketones is 1. The summed E-state index contributed by atoms with van der Waals surface area (Å²) in [6.45, 7) is 6.11. The Morgan fingerprint density at radius 2 is 1.45 bits per heavy atom. The van der Waals surface area contributed by atoms with E-state index in [1.807, 2.05) is 0 Å². The maximum atomic E-state index is 16.3. The molecule has 1 aromatic heterocycles. The highest BCUT2D eigenvalue weighted by atomic mass is 33.1. The number of benzene rings is 3. The largest absolute Gasteiger partial charge is 0.508 e. The van der Waals surface area contributed by atoms with Crippen LogP contribution in [-0.2, 0) is 73.0 Å². The molecule has 2 bridgehead atoms. The molecule has 3 aliphatic carbocycles. The highest BCUT2D eigenvalue weighted by Gasteiger charge is 2.79. The lowest BCUT2D eigenvalue weighted by Crippen LogP contribution is -2.82. The molecule has 3 heterocycles. The second-order valence-corrected chi connectivity index (χ2v) is 26.2. The number of rotatable bonds is 22. The van der Waals surface area contributed by atoms with Crippen molar-refractivity contribution in [2.24, 2.45) is 16.7 Å². The molecule has 4 fully saturated rings. The number of hydrogen-bond donors (Lipinski definition) is 5. The van der Waals surface area contributed by atoms with Gasteiger partial charge < -0.3 is 68.4 Å². The SMILES string of the molecule is CC(=O)O[C@H]1C(=O)[C@]2(C)[C@@H](OC(=O)OCCSSCCOC(=O)Cc3ccn(C4OC(CO)C(O)C4(F)F)c(=O)n3)C[C@H]3OCC3(OC(C)=O)[C@H]2[C@H](OC(=O)c2ccccc2)[C@]2(O)C[C@H](OC(=O)[C@H](O)[C@@H](NC(=O)c3ccccc3)c3ccccc3)C(C)=C1C2(C)C. The van der Waals surface area contributed by atoms with Gasteiger partial charge in [-0.05, 0) is 60.9 Å². The minimum Gasteiger partial charge on any atom is -0.464 e. The van der Waals surface area contributed by atoms with Crippen LogP contribution in [-0.4, -0.2) is 182 Å². The predicted molar refractivity (Wildman–Crippen MR) is 318 cm³/mol. The monoisotopic (exact) mass is 1320 g/mol. The second kappa shape index (κ2) is 27.9. The summed E-state index contributed by atoms with van der Waals surface area (Å²) in [5.74, 6) is -12.1. The molecular formula is C63H69F2N3O22S2. The molecule has 4 aromatic rings. The van der Waals surface area contributed by atoms with Crippen LogP contribution in [0.15, 0.2) is 119 Å². The Labute approximate surface area is 533 Å². The van der Waals surface area contributed by atoms with Crippen LogP contribution in [0, 0.1) is 16.7 Å². The van der Waals surface area contributed by atoms with Gasteiger partial charge >= 0.3 is 47.6 Å². The highest BCUT2D eigenvalue weighted by molar-refractivity contribution is 8.76. The third kappa shape index (κ3) is 13.4. The van der Waals surface area contributed by atoms with Crippen molar-refractivity contribution in [1.82, 2.24) is 14.9 Å². The summed E-state index contributed by atoms with van der Waals surface area (Å²) in [5.41, 5.74) is -9.56. The van der Waals surface area contributed by atoms with Gasteiger partial charge in [-0.2, -0.15) is 13.8 Å². The van der Waals surface area contributed by atoms with Crippen molar-refractivity contribution in [2.45, 2.75) is 139 Å². The second-order valence-electron chi connectivity index (χ2n) is 23.5. The van der Waals surface area contributed by atoms with E-state index in [1.165, 1.54) is 73.5 Å². The normalized spacial score (nSPS) is 29.0. The Morgan fingerprint density at radius 3 is 2.02 bits per heavy atom. The molecule has 92 heavy (non-hydrogen) atoms. The van der Waals surface area contributed by atoms with Crippen LogP contribution in [0.5, 0.6) is 0 Å². The Balaban J connectivity index is 0.957. The molecule has 2 saturated carbocycles. The zero-order valence-corrected chi connectivity index (χ0v) is 52.3. The topological polar surface area (TPSA) is 347 Å². The van der Waals surface area contributed by atoms with E-state index >= 15 is 4.79 Å². The molecule has 25 nitrogen and oxygen atoms in total. The standard InChI is InChI=1S/C63H69F2N3O22S2/c1-33-40(86-55(78)47(73)46(36-16-10-7-11-17-36)67-53(76)37-18-12-8-13-19-37)30-62(81)52(89-54(77)38-20-14-9-15-21-38)49-60(6,51(75)48(85-34(2)70)45(33)59(62,4)5)42(29-43-61(49,32-84-43)90-35(3)71)88-58(80)83-25-27-92-91-26-24-82-44(72)28-39-22-23-68(57(79)66-39)56-63(64,65)50(74)41(31-69)87-56/h7-23,40-43,46-50,52,56,69,73-74,81H,24-32H2,1-6H3,(H,67,76)/t40-,41?,42-,43+,46-,47+,48+,49-,50?,52-,56?,60+,61?,62+/m0/s1. The molecule has 14 atom stereocenters. The van der Waals surface area contributed by atoms with Crippen molar-refractivity contribution in [3.05, 3.63) is 147 Å². The summed E-state index contributed by atoms with van der Waals surface area (Å²) in [6.07, 6.45) is -18.9. The van der Waals surface area contributed by atoms with Crippen molar-refractivity contribution >= 4 is 69.3 Å². The van der Waals surface area contributed by atoms with Gasteiger partial charge in [-0.3, -0.25) is 28.5 Å². The average molecular weight is 1320 g/mol. The third-order valence-electron chi connectivity index (χ3n) is 17.6. The number of amides is 1. The number of aromatic nitrogens is 2. The van der Waals surface area contributed by atoms with E-state index in [-0.39, 0.29) is 59.1 Å². The number of nitrogens with zero attached hydrogens (tertiary/aromatic N) is 2. The smallest absolute Gasteiger partial charge is 0.464 e. The lowest BCUT2D eigenvalue weighted by Gasteiger charge is -2.67. The molecule has 5 N–H and O–H groups in total. The number of alkyl halides is 2. The minimum atomic E-state index is -3.94. The Hall–Kier alpha value is -7.64. The zero-order chi connectivity index (χ0) is 66.7. The molecule has 29 heteroatoms. The number of nitrogens with one attached hydrogen (secondary N) is 1. The first-order chi connectivity index (χ1) is 43.6. The first-order valence-corrected chi connectivity index (χ1v) is 31.7. The Kier molecular flexibility index (Phi) is 20.8. The highest BCUT2D eigenvalue weighted by Crippen LogP contribution is 2.65. The molecule has 494 valence electrons. The number of halogens is 2. The van der Waals surface area contributed by atoms with Gasteiger partial charge in [0.15, 0.2) is 29.7 Å². The van der Waals surface area contributed by atoms with Gasteiger partial charge in [-0.15, -0.1) is 0 Å². The Morgan fingerprint density at radius 1 is 0.826 bits per heavy atom. The van der Waals surface area contributed by atoms with Crippen molar-refractivity contribution in [1.29, 1.82) is 0 Å². The molecule has 1 amide bonds. The van der Waals surface area contributed by atoms with Crippen LogP contribution in [0.2, 0.25) is 0 Å². The van der Waals surface area contributed by atoms with Gasteiger partial charge in [-0.25, -0.2) is 19.2 Å². The van der Waals surface area contributed by atoms with E-state index in [9.17, 15) is 67.6 Å². The average Bonchev–Trinajstić information content (AvgIpc) is 0.748. The summed E-state index contributed by atoms with van der Waals surface area (Å²) in [6, 6.07) is 23.4. The fraction of sp³-hybridized carbons (Fsp3) is 0.492. The van der Waals surface area contributed by atoms with Gasteiger partial charge in [0.2, 0.25) is 6.23 Å². The molecule has 4 unspecified atom stereocenters. The van der Waals surface area contributed by atoms with E-state index in [2.05, 4.69) is 10.3 Å². The molecule has 2 aliphatic heterocycles. The van der Waals surface area contributed by atoms with Crippen molar-refractivity contribution < 1.29 is 110 Å². The number of aliphatic hydroxyl groups excluding tert-OH is 3. The van der Waals surface area contributed by atoms with E-state index in [0.29, 0.717) is 10.1 Å². The van der Waals surface area contributed by atoms with Crippen LogP contribution >= 0.6 is 21.6 Å². The van der Waals surface area contributed by atoms with Crippen LogP contribution in [0.1, 0.15) is 98.6 Å². The number of hydrogen-bond acceptors (Lipinski definition) is 25. The van der Waals surface area contributed by atoms with Crippen LogP contribution in [0.3, 0.4) is 0 Å². The van der Waals surface area contributed by atoms with Gasteiger partial charge in [0.1, 0.15) is 49.3 Å². The molecular weight excluding hydrogens is 1250 g/mol. The van der Waals surface area contributed by atoms with E-state index < -0.39 is 174 Å². The lowest BCUT2D eigenvalue weighted by atomic mass is 9.44. The number of fused-ring (bicyclic) bond motifs is 5.